The fourth-order valence-corrected chi connectivity index (χ4v) is 3.10. The minimum absolute atomic E-state index is 0.440. The van der Waals surface area contributed by atoms with Gasteiger partial charge in [0.2, 0.25) is 5.95 Å². The molecule has 0 radical (unpaired) electrons. The van der Waals surface area contributed by atoms with E-state index in [2.05, 4.69) is 30.5 Å². The van der Waals surface area contributed by atoms with Gasteiger partial charge in [-0.3, -0.25) is 5.10 Å². The van der Waals surface area contributed by atoms with Gasteiger partial charge >= 0.3 is 0 Å². The average molecular weight is 339 g/mol. The van der Waals surface area contributed by atoms with Crippen molar-refractivity contribution in [3.63, 3.8) is 0 Å². The van der Waals surface area contributed by atoms with Crippen LogP contribution in [0.25, 0.3) is 0 Å². The summed E-state index contributed by atoms with van der Waals surface area (Å²) in [5, 5.41) is 10.9. The van der Waals surface area contributed by atoms with Crippen LogP contribution in [0.4, 0.5) is 17.5 Å². The molecule has 1 aliphatic carbocycles. The van der Waals surface area contributed by atoms with Crippen molar-refractivity contribution in [3.8, 4) is 0 Å². The highest BCUT2D eigenvalue weighted by Crippen LogP contribution is 2.39. The predicted molar refractivity (Wildman–Crippen MR) is 93.4 cm³/mol. The van der Waals surface area contributed by atoms with Crippen molar-refractivity contribution in [2.75, 3.05) is 11.1 Å². The third-order valence-electron chi connectivity index (χ3n) is 3.59. The van der Waals surface area contributed by atoms with E-state index < -0.39 is 0 Å². The van der Waals surface area contributed by atoms with Crippen molar-refractivity contribution >= 4 is 29.2 Å². The smallest absolute Gasteiger partial charge is 0.232 e. The molecular weight excluding hydrogens is 322 g/mol. The van der Waals surface area contributed by atoms with E-state index in [0.717, 1.165) is 34.9 Å². The number of aromatic nitrogens is 5. The van der Waals surface area contributed by atoms with E-state index in [1.165, 1.54) is 11.8 Å². The van der Waals surface area contributed by atoms with Gasteiger partial charge in [0.15, 0.2) is 11.0 Å². The second kappa shape index (κ2) is 6.12. The van der Waals surface area contributed by atoms with Gasteiger partial charge in [0.1, 0.15) is 5.82 Å². The Morgan fingerprint density at radius 1 is 1.21 bits per heavy atom. The molecule has 0 spiro atoms. The number of hydrogen-bond donors (Lipinski definition) is 3. The van der Waals surface area contributed by atoms with Crippen molar-refractivity contribution in [1.29, 1.82) is 0 Å². The molecule has 24 heavy (non-hydrogen) atoms. The van der Waals surface area contributed by atoms with Crippen molar-refractivity contribution < 1.29 is 0 Å². The lowest BCUT2D eigenvalue weighted by Gasteiger charge is -2.07. The summed E-state index contributed by atoms with van der Waals surface area (Å²) in [5.74, 6) is 2.49. The maximum Gasteiger partial charge on any atom is 0.232 e. The lowest BCUT2D eigenvalue weighted by atomic mass is 10.3. The number of nitrogens with one attached hydrogen (secondary N) is 2. The molecule has 0 aliphatic heterocycles. The highest BCUT2D eigenvalue weighted by atomic mass is 32.2. The SMILES string of the molecule is Cc1cc(Nc2nc(Sc3cccc(N)c3)nc(C3CC3)n2)n[nH]1. The molecule has 4 N–H and O–H groups in total. The van der Waals surface area contributed by atoms with E-state index >= 15 is 0 Å². The molecule has 1 saturated carbocycles. The summed E-state index contributed by atoms with van der Waals surface area (Å²) in [7, 11) is 0. The molecule has 7 nitrogen and oxygen atoms in total. The summed E-state index contributed by atoms with van der Waals surface area (Å²) in [6, 6.07) is 9.60. The zero-order valence-corrected chi connectivity index (χ0v) is 14.0. The summed E-state index contributed by atoms with van der Waals surface area (Å²) in [6.45, 7) is 1.95. The van der Waals surface area contributed by atoms with Crippen LogP contribution in [0.2, 0.25) is 0 Å². The Labute approximate surface area is 143 Å². The van der Waals surface area contributed by atoms with Gasteiger partial charge in [-0.15, -0.1) is 0 Å². The standard InChI is InChI=1S/C16H17N7S/c1-9-7-13(23-22-9)18-15-19-14(10-5-6-10)20-16(21-15)24-12-4-2-3-11(17)8-12/h2-4,7-8,10H,5-6,17H2,1H3,(H2,18,19,20,21,22,23). The van der Waals surface area contributed by atoms with E-state index in [4.69, 9.17) is 5.73 Å². The van der Waals surface area contributed by atoms with Gasteiger partial charge in [0.25, 0.3) is 0 Å². The van der Waals surface area contributed by atoms with Crippen LogP contribution in [0, 0.1) is 6.92 Å². The molecule has 3 aromatic rings. The quantitative estimate of drug-likeness (QED) is 0.613. The van der Waals surface area contributed by atoms with Gasteiger partial charge in [-0.1, -0.05) is 6.07 Å². The maximum atomic E-state index is 5.84. The summed E-state index contributed by atoms with van der Waals surface area (Å²) < 4.78 is 0. The second-order valence-corrected chi connectivity index (χ2v) is 6.85. The van der Waals surface area contributed by atoms with Crippen molar-refractivity contribution in [2.24, 2.45) is 0 Å². The number of aryl methyl sites for hydroxylation is 1. The number of nitrogens with two attached hydrogens (primary N) is 1. The first kappa shape index (κ1) is 14.9. The van der Waals surface area contributed by atoms with Crippen LogP contribution in [0.5, 0.6) is 0 Å². The van der Waals surface area contributed by atoms with E-state index in [9.17, 15) is 0 Å². The first-order chi connectivity index (χ1) is 11.7. The topological polar surface area (TPSA) is 105 Å². The number of H-pyrrole nitrogens is 1. The Kier molecular flexibility index (Phi) is 3.81. The van der Waals surface area contributed by atoms with Crippen LogP contribution in [0.3, 0.4) is 0 Å². The molecule has 4 rings (SSSR count). The van der Waals surface area contributed by atoms with Crippen molar-refractivity contribution in [1.82, 2.24) is 25.1 Å². The summed E-state index contributed by atoms with van der Waals surface area (Å²) in [6.07, 6.45) is 2.26. The Bertz CT molecular complexity index is 872. The maximum absolute atomic E-state index is 5.84. The average Bonchev–Trinajstić information content (AvgIpc) is 3.31. The number of nitrogens with zero attached hydrogens (tertiary/aromatic N) is 4. The fraction of sp³-hybridized carbons (Fsp3) is 0.250. The first-order valence-corrected chi connectivity index (χ1v) is 8.56. The molecule has 122 valence electrons. The normalized spacial score (nSPS) is 13.9. The molecule has 1 aliphatic rings. The monoisotopic (exact) mass is 339 g/mol. The lowest BCUT2D eigenvalue weighted by Crippen LogP contribution is -2.04. The largest absolute Gasteiger partial charge is 0.399 e. The molecule has 1 fully saturated rings. The van der Waals surface area contributed by atoms with Gasteiger partial charge in [0, 0.05) is 28.3 Å². The zero-order valence-electron chi connectivity index (χ0n) is 13.2. The highest BCUT2D eigenvalue weighted by molar-refractivity contribution is 7.99. The predicted octanol–water partition coefficient (Wildman–Crippen LogP) is 3.26. The van der Waals surface area contributed by atoms with Crippen LogP contribution in [0.15, 0.2) is 40.4 Å². The summed E-state index contributed by atoms with van der Waals surface area (Å²) in [5.41, 5.74) is 7.54. The van der Waals surface area contributed by atoms with E-state index in [1.807, 2.05) is 37.3 Å². The molecule has 0 bridgehead atoms. The van der Waals surface area contributed by atoms with E-state index in [-0.39, 0.29) is 0 Å². The molecule has 0 saturated heterocycles. The van der Waals surface area contributed by atoms with Gasteiger partial charge in [-0.25, -0.2) is 4.98 Å². The van der Waals surface area contributed by atoms with Crippen LogP contribution in [-0.2, 0) is 0 Å². The fourth-order valence-electron chi connectivity index (χ4n) is 2.28. The lowest BCUT2D eigenvalue weighted by molar-refractivity contribution is 0.814. The molecule has 0 unspecified atom stereocenters. The van der Waals surface area contributed by atoms with Crippen LogP contribution < -0.4 is 11.1 Å². The first-order valence-electron chi connectivity index (χ1n) is 7.74. The van der Waals surface area contributed by atoms with E-state index in [0.29, 0.717) is 22.8 Å². The van der Waals surface area contributed by atoms with E-state index in [1.54, 1.807) is 0 Å². The number of hydrogen-bond acceptors (Lipinski definition) is 7. The third-order valence-corrected chi connectivity index (χ3v) is 4.44. The minimum Gasteiger partial charge on any atom is -0.399 e. The van der Waals surface area contributed by atoms with Crippen LogP contribution in [0.1, 0.15) is 30.3 Å². The summed E-state index contributed by atoms with van der Waals surface area (Å²) in [4.78, 5) is 14.6. The van der Waals surface area contributed by atoms with Gasteiger partial charge < -0.3 is 11.1 Å². The third kappa shape index (κ3) is 3.48. The molecular formula is C16H17N7S. The molecule has 0 amide bonds. The van der Waals surface area contributed by atoms with Crippen LogP contribution in [-0.4, -0.2) is 25.1 Å². The second-order valence-electron chi connectivity index (χ2n) is 5.81. The Hall–Kier alpha value is -2.61. The Balaban J connectivity index is 1.63. The minimum atomic E-state index is 0.440. The van der Waals surface area contributed by atoms with Crippen molar-refractivity contribution in [3.05, 3.63) is 41.9 Å². The number of rotatable bonds is 5. The summed E-state index contributed by atoms with van der Waals surface area (Å²) >= 11 is 1.48. The molecule has 1 aromatic carbocycles. The van der Waals surface area contributed by atoms with Crippen molar-refractivity contribution in [2.45, 2.75) is 35.7 Å². The Morgan fingerprint density at radius 2 is 2.08 bits per heavy atom. The molecule has 2 aromatic heterocycles. The highest BCUT2D eigenvalue weighted by Gasteiger charge is 2.28. The molecule has 0 atom stereocenters. The number of anilines is 3. The van der Waals surface area contributed by atoms with Gasteiger partial charge in [0.05, 0.1) is 0 Å². The Morgan fingerprint density at radius 3 is 2.79 bits per heavy atom. The molecule has 8 heteroatoms. The zero-order chi connectivity index (χ0) is 16.5. The number of nitrogen functional groups attached to an aromatic ring is 1. The van der Waals surface area contributed by atoms with Gasteiger partial charge in [-0.05, 0) is 49.7 Å². The number of aromatic amines is 1. The van der Waals surface area contributed by atoms with Crippen LogP contribution >= 0.6 is 11.8 Å². The number of benzene rings is 1. The molecule has 2 heterocycles. The van der Waals surface area contributed by atoms with Gasteiger partial charge in [-0.2, -0.15) is 15.1 Å².